The van der Waals surface area contributed by atoms with Gasteiger partial charge in [-0.05, 0) is 19.3 Å². The Labute approximate surface area is 151 Å². The summed E-state index contributed by atoms with van der Waals surface area (Å²) in [5.41, 5.74) is 11.3. The molecule has 1 aliphatic heterocycles. The topological polar surface area (TPSA) is 132 Å². The van der Waals surface area contributed by atoms with Crippen molar-refractivity contribution in [3.63, 3.8) is 0 Å². The quantitative estimate of drug-likeness (QED) is 0.559. The van der Waals surface area contributed by atoms with E-state index in [4.69, 9.17) is 11.5 Å². The fourth-order valence-corrected chi connectivity index (χ4v) is 6.06. The van der Waals surface area contributed by atoms with Crippen LogP contribution < -0.4 is 11.5 Å². The lowest BCUT2D eigenvalue weighted by molar-refractivity contribution is -0.132. The van der Waals surface area contributed by atoms with Crippen LogP contribution in [0.15, 0.2) is 11.2 Å². The minimum absolute atomic E-state index is 0.0661. The third-order valence-corrected chi connectivity index (χ3v) is 7.26. The Bertz CT molecular complexity index is 729. The van der Waals surface area contributed by atoms with Gasteiger partial charge in [-0.15, -0.1) is 0 Å². The maximum absolute atomic E-state index is 12.9. The van der Waals surface area contributed by atoms with E-state index in [9.17, 15) is 13.2 Å². The molecular formula is C15H23N5O3S2. The highest BCUT2D eigenvalue weighted by Crippen LogP contribution is 2.30. The van der Waals surface area contributed by atoms with Gasteiger partial charge >= 0.3 is 0 Å². The average molecular weight is 386 g/mol. The molecule has 0 unspecified atom stereocenters. The van der Waals surface area contributed by atoms with Crippen molar-refractivity contribution in [2.24, 2.45) is 0 Å². The third-order valence-electron chi connectivity index (χ3n) is 4.68. The number of nitrogen functional groups attached to an aromatic ring is 2. The molecule has 1 saturated carbocycles. The summed E-state index contributed by atoms with van der Waals surface area (Å²) >= 11 is 1.18. The standard InChI is InChI=1S/C15H23N5O3S2/c16-12-7-13(17)19-15(18-12)24-8-14(21)20(10-3-1-2-4-10)11-5-6-25(22,23)9-11/h7,10-11H,1-6,8-9H2,(H4,16,17,18,19)/t11-/m1/s1. The molecule has 25 heavy (non-hydrogen) atoms. The van der Waals surface area contributed by atoms with Gasteiger partial charge in [0.2, 0.25) is 5.91 Å². The highest BCUT2D eigenvalue weighted by Gasteiger charge is 2.38. The summed E-state index contributed by atoms with van der Waals surface area (Å²) in [7, 11) is -3.04. The van der Waals surface area contributed by atoms with Crippen molar-refractivity contribution in [1.29, 1.82) is 0 Å². The summed E-state index contributed by atoms with van der Waals surface area (Å²) in [4.78, 5) is 22.8. The molecule has 0 aromatic carbocycles. The first-order chi connectivity index (χ1) is 11.8. The zero-order valence-corrected chi connectivity index (χ0v) is 15.6. The van der Waals surface area contributed by atoms with Gasteiger partial charge in [-0.1, -0.05) is 24.6 Å². The number of carbonyl (C=O) groups is 1. The second kappa shape index (κ2) is 7.36. The van der Waals surface area contributed by atoms with E-state index >= 15 is 0 Å². The number of hydrogen-bond acceptors (Lipinski definition) is 8. The number of nitrogens with two attached hydrogens (primary N) is 2. The fourth-order valence-electron chi connectivity index (χ4n) is 3.61. The van der Waals surface area contributed by atoms with E-state index in [1.165, 1.54) is 17.8 Å². The van der Waals surface area contributed by atoms with E-state index in [2.05, 4.69) is 9.97 Å². The molecule has 0 spiro atoms. The minimum atomic E-state index is -3.04. The van der Waals surface area contributed by atoms with Gasteiger partial charge in [-0.2, -0.15) is 0 Å². The second-order valence-electron chi connectivity index (χ2n) is 6.59. The van der Waals surface area contributed by atoms with Crippen LogP contribution in [-0.4, -0.2) is 58.5 Å². The number of anilines is 2. The van der Waals surface area contributed by atoms with E-state index < -0.39 is 9.84 Å². The Kier molecular flexibility index (Phi) is 5.38. The maximum atomic E-state index is 12.9. The van der Waals surface area contributed by atoms with E-state index in [0.717, 1.165) is 25.7 Å². The molecule has 2 fully saturated rings. The van der Waals surface area contributed by atoms with Crippen molar-refractivity contribution in [1.82, 2.24) is 14.9 Å². The second-order valence-corrected chi connectivity index (χ2v) is 9.76. The summed E-state index contributed by atoms with van der Waals surface area (Å²) in [5, 5.41) is 0.358. The molecule has 1 aromatic heterocycles. The van der Waals surface area contributed by atoms with Crippen LogP contribution in [0.25, 0.3) is 0 Å². The molecular weight excluding hydrogens is 362 g/mol. The SMILES string of the molecule is Nc1cc(N)nc(SCC(=O)N(C2CCCC2)[C@@H]2CCS(=O)(=O)C2)n1. The van der Waals surface area contributed by atoms with Gasteiger partial charge in [-0.25, -0.2) is 18.4 Å². The van der Waals surface area contributed by atoms with Crippen molar-refractivity contribution in [3.05, 3.63) is 6.07 Å². The lowest BCUT2D eigenvalue weighted by Gasteiger charge is -2.34. The molecule has 0 radical (unpaired) electrons. The van der Waals surface area contributed by atoms with Crippen molar-refractivity contribution >= 4 is 39.1 Å². The van der Waals surface area contributed by atoms with Crippen molar-refractivity contribution < 1.29 is 13.2 Å². The van der Waals surface area contributed by atoms with Crippen LogP contribution in [0.1, 0.15) is 32.1 Å². The van der Waals surface area contributed by atoms with E-state index in [-0.39, 0.29) is 46.9 Å². The monoisotopic (exact) mass is 385 g/mol. The van der Waals surface area contributed by atoms with E-state index in [1.807, 2.05) is 4.90 Å². The lowest BCUT2D eigenvalue weighted by Crippen LogP contribution is -2.47. The van der Waals surface area contributed by atoms with Crippen molar-refractivity contribution in [2.75, 3.05) is 28.7 Å². The van der Waals surface area contributed by atoms with E-state index in [0.29, 0.717) is 11.6 Å². The predicted molar refractivity (Wildman–Crippen MR) is 97.7 cm³/mol. The first-order valence-corrected chi connectivity index (χ1v) is 11.2. The largest absolute Gasteiger partial charge is 0.383 e. The molecule has 10 heteroatoms. The number of hydrogen-bond donors (Lipinski definition) is 2. The third kappa shape index (κ3) is 4.55. The highest BCUT2D eigenvalue weighted by molar-refractivity contribution is 7.99. The molecule has 1 atom stereocenters. The highest BCUT2D eigenvalue weighted by atomic mass is 32.2. The number of nitrogens with zero attached hydrogens (tertiary/aromatic N) is 3. The van der Waals surface area contributed by atoms with Gasteiger partial charge in [-0.3, -0.25) is 4.79 Å². The van der Waals surface area contributed by atoms with Crippen LogP contribution in [0.4, 0.5) is 11.6 Å². The van der Waals surface area contributed by atoms with Crippen molar-refractivity contribution in [3.8, 4) is 0 Å². The van der Waals surface area contributed by atoms with Crippen LogP contribution in [0.3, 0.4) is 0 Å². The van der Waals surface area contributed by atoms with E-state index in [1.54, 1.807) is 0 Å². The first-order valence-electron chi connectivity index (χ1n) is 8.38. The van der Waals surface area contributed by atoms with Crippen LogP contribution in [0.2, 0.25) is 0 Å². The van der Waals surface area contributed by atoms with Crippen LogP contribution in [-0.2, 0) is 14.6 Å². The maximum Gasteiger partial charge on any atom is 0.233 e. The molecule has 4 N–H and O–H groups in total. The van der Waals surface area contributed by atoms with Crippen LogP contribution in [0, 0.1) is 0 Å². The Hall–Kier alpha value is -1.55. The molecule has 2 heterocycles. The molecule has 2 aliphatic rings. The molecule has 1 aromatic rings. The molecule has 1 aliphatic carbocycles. The number of amides is 1. The molecule has 1 amide bonds. The number of thioether (sulfide) groups is 1. The predicted octanol–water partition coefficient (Wildman–Crippen LogP) is 0.691. The first kappa shape index (κ1) is 18.2. The summed E-state index contributed by atoms with van der Waals surface area (Å²) in [6.07, 6.45) is 4.56. The average Bonchev–Trinajstić information content (AvgIpc) is 3.15. The Morgan fingerprint density at radius 1 is 1.16 bits per heavy atom. The Balaban J connectivity index is 1.70. The van der Waals surface area contributed by atoms with Gasteiger partial charge < -0.3 is 16.4 Å². The molecule has 138 valence electrons. The fraction of sp³-hybridized carbons (Fsp3) is 0.667. The number of sulfone groups is 1. The minimum Gasteiger partial charge on any atom is -0.383 e. The summed E-state index contributed by atoms with van der Waals surface area (Å²) < 4.78 is 23.7. The zero-order chi connectivity index (χ0) is 18.0. The molecule has 0 bridgehead atoms. The van der Waals surface area contributed by atoms with Gasteiger partial charge in [0.1, 0.15) is 11.6 Å². The van der Waals surface area contributed by atoms with Gasteiger partial charge in [0.05, 0.1) is 17.3 Å². The number of aromatic nitrogens is 2. The molecule has 1 saturated heterocycles. The summed E-state index contributed by atoms with van der Waals surface area (Å²) in [6.45, 7) is 0. The zero-order valence-electron chi connectivity index (χ0n) is 13.9. The normalized spacial score (nSPS) is 23.0. The van der Waals surface area contributed by atoms with Gasteiger partial charge in [0.25, 0.3) is 0 Å². The Morgan fingerprint density at radius 3 is 2.36 bits per heavy atom. The van der Waals surface area contributed by atoms with Gasteiger partial charge in [0.15, 0.2) is 15.0 Å². The smallest absolute Gasteiger partial charge is 0.233 e. The Morgan fingerprint density at radius 2 is 1.80 bits per heavy atom. The molecule has 3 rings (SSSR count). The summed E-state index contributed by atoms with van der Waals surface area (Å²) in [6, 6.07) is 1.38. The van der Waals surface area contributed by atoms with Gasteiger partial charge in [0, 0.05) is 18.2 Å². The summed E-state index contributed by atoms with van der Waals surface area (Å²) in [5.74, 6) is 0.839. The number of carbonyl (C=O) groups excluding carboxylic acids is 1. The lowest BCUT2D eigenvalue weighted by atomic mass is 10.1. The number of rotatable bonds is 5. The molecule has 8 nitrogen and oxygen atoms in total. The van der Waals surface area contributed by atoms with Crippen LogP contribution in [0.5, 0.6) is 0 Å². The van der Waals surface area contributed by atoms with Crippen molar-refractivity contribution in [2.45, 2.75) is 49.3 Å². The van der Waals surface area contributed by atoms with Crippen LogP contribution >= 0.6 is 11.8 Å².